The van der Waals surface area contributed by atoms with E-state index in [-0.39, 0.29) is 6.61 Å². The van der Waals surface area contributed by atoms with Crippen LogP contribution in [0, 0.1) is 0 Å². The molecular formula is C22H24N2O5. The third kappa shape index (κ3) is 4.51. The summed E-state index contributed by atoms with van der Waals surface area (Å²) >= 11 is 0. The number of hydrogen-bond donors (Lipinski definition) is 2. The summed E-state index contributed by atoms with van der Waals surface area (Å²) in [6.07, 6.45) is 0.603. The van der Waals surface area contributed by atoms with Crippen molar-refractivity contribution in [3.8, 4) is 11.5 Å². The number of rotatable bonds is 7. The van der Waals surface area contributed by atoms with Crippen molar-refractivity contribution >= 4 is 12.0 Å². The lowest BCUT2D eigenvalue weighted by Crippen LogP contribution is -2.45. The molecule has 0 fully saturated rings. The van der Waals surface area contributed by atoms with Gasteiger partial charge < -0.3 is 24.8 Å². The van der Waals surface area contributed by atoms with Crippen molar-refractivity contribution in [1.82, 2.24) is 10.6 Å². The molecule has 7 heteroatoms. The summed E-state index contributed by atoms with van der Waals surface area (Å²) in [6.45, 7) is 1.90. The van der Waals surface area contributed by atoms with Gasteiger partial charge in [-0.15, -0.1) is 0 Å². The lowest BCUT2D eigenvalue weighted by Gasteiger charge is -2.29. The monoisotopic (exact) mass is 396 g/mol. The molecule has 2 aromatic rings. The molecule has 0 unspecified atom stereocenters. The summed E-state index contributed by atoms with van der Waals surface area (Å²) < 4.78 is 16.3. The fourth-order valence-corrected chi connectivity index (χ4v) is 3.32. The average Bonchev–Trinajstić information content (AvgIpc) is 2.73. The first-order valence-electron chi connectivity index (χ1n) is 9.25. The fraction of sp³-hybridized carbons (Fsp3) is 0.273. The molecular weight excluding hydrogens is 372 g/mol. The summed E-state index contributed by atoms with van der Waals surface area (Å²) in [4.78, 5) is 25.0. The Balaban J connectivity index is 1.85. The van der Waals surface area contributed by atoms with Gasteiger partial charge in [0.1, 0.15) is 0 Å². The first-order valence-corrected chi connectivity index (χ1v) is 9.25. The van der Waals surface area contributed by atoms with Gasteiger partial charge in [0.2, 0.25) is 0 Å². The van der Waals surface area contributed by atoms with Gasteiger partial charge in [-0.3, -0.25) is 0 Å². The van der Waals surface area contributed by atoms with E-state index in [0.29, 0.717) is 34.8 Å². The Morgan fingerprint density at radius 1 is 1.03 bits per heavy atom. The maximum Gasteiger partial charge on any atom is 0.338 e. The number of hydrogen-bond acceptors (Lipinski definition) is 5. The number of amides is 2. The Kier molecular flexibility index (Phi) is 6.39. The third-order valence-electron chi connectivity index (χ3n) is 4.70. The summed E-state index contributed by atoms with van der Waals surface area (Å²) in [6, 6.07) is 13.9. The Morgan fingerprint density at radius 3 is 2.48 bits per heavy atom. The first kappa shape index (κ1) is 20.3. The predicted octanol–water partition coefficient (Wildman–Crippen LogP) is 3.12. The SMILES string of the molecule is COc1cccc([C@@H]2NC(=O)NC(C)=C2C(=O)OCCc2ccccc2)c1OC. The molecule has 29 heavy (non-hydrogen) atoms. The number of carbonyl (C=O) groups is 2. The molecule has 3 rings (SSSR count). The second-order valence-electron chi connectivity index (χ2n) is 6.52. The van der Waals surface area contributed by atoms with Crippen LogP contribution in [0.3, 0.4) is 0 Å². The third-order valence-corrected chi connectivity index (χ3v) is 4.70. The molecule has 0 aliphatic carbocycles. The first-order chi connectivity index (χ1) is 14.0. The van der Waals surface area contributed by atoms with Crippen LogP contribution < -0.4 is 20.1 Å². The molecule has 0 spiro atoms. The molecule has 2 aromatic carbocycles. The highest BCUT2D eigenvalue weighted by molar-refractivity contribution is 5.95. The van der Waals surface area contributed by atoms with Crippen molar-refractivity contribution in [2.24, 2.45) is 0 Å². The van der Waals surface area contributed by atoms with Gasteiger partial charge in [-0.25, -0.2) is 9.59 Å². The van der Waals surface area contributed by atoms with Gasteiger partial charge in [0.25, 0.3) is 0 Å². The number of allylic oxidation sites excluding steroid dienone is 1. The van der Waals surface area contributed by atoms with Crippen LogP contribution in [0.15, 0.2) is 59.8 Å². The molecule has 1 aliphatic heterocycles. The number of esters is 1. The minimum Gasteiger partial charge on any atom is -0.493 e. The Morgan fingerprint density at radius 2 is 1.79 bits per heavy atom. The van der Waals surface area contributed by atoms with Crippen LogP contribution in [-0.4, -0.2) is 32.8 Å². The summed E-state index contributed by atoms with van der Waals surface area (Å²) in [5.41, 5.74) is 2.45. The van der Waals surface area contributed by atoms with E-state index in [1.54, 1.807) is 25.1 Å². The predicted molar refractivity (Wildman–Crippen MR) is 108 cm³/mol. The van der Waals surface area contributed by atoms with Crippen LogP contribution in [0.4, 0.5) is 4.79 Å². The zero-order valence-electron chi connectivity index (χ0n) is 16.7. The zero-order valence-corrected chi connectivity index (χ0v) is 16.7. The van der Waals surface area contributed by atoms with Gasteiger partial charge in [0, 0.05) is 17.7 Å². The fourth-order valence-electron chi connectivity index (χ4n) is 3.32. The Bertz CT molecular complexity index is 924. The largest absolute Gasteiger partial charge is 0.493 e. The minimum absolute atomic E-state index is 0.232. The van der Waals surface area contributed by atoms with Gasteiger partial charge in [-0.1, -0.05) is 42.5 Å². The van der Waals surface area contributed by atoms with Crippen LogP contribution in [0.5, 0.6) is 11.5 Å². The van der Waals surface area contributed by atoms with E-state index in [0.717, 1.165) is 5.56 Å². The highest BCUT2D eigenvalue weighted by Crippen LogP contribution is 2.39. The van der Waals surface area contributed by atoms with Crippen LogP contribution in [-0.2, 0) is 16.0 Å². The molecule has 1 atom stereocenters. The maximum absolute atomic E-state index is 12.9. The van der Waals surface area contributed by atoms with Crippen LogP contribution >= 0.6 is 0 Å². The summed E-state index contributed by atoms with van der Waals surface area (Å²) in [7, 11) is 3.04. The lowest BCUT2D eigenvalue weighted by atomic mass is 9.94. The number of ether oxygens (including phenoxy) is 3. The van der Waals surface area contributed by atoms with Crippen LogP contribution in [0.1, 0.15) is 24.1 Å². The van der Waals surface area contributed by atoms with E-state index < -0.39 is 18.0 Å². The molecule has 152 valence electrons. The van der Waals surface area contributed by atoms with E-state index in [1.165, 1.54) is 14.2 Å². The summed E-state index contributed by atoms with van der Waals surface area (Å²) in [5.74, 6) is 0.456. The lowest BCUT2D eigenvalue weighted by molar-refractivity contribution is -0.139. The van der Waals surface area contributed by atoms with Gasteiger partial charge in [-0.2, -0.15) is 0 Å². The van der Waals surface area contributed by atoms with Crippen LogP contribution in [0.2, 0.25) is 0 Å². The number of para-hydroxylation sites is 1. The number of nitrogens with one attached hydrogen (secondary N) is 2. The quantitative estimate of drug-likeness (QED) is 0.703. The summed E-state index contributed by atoms with van der Waals surface area (Å²) in [5, 5.41) is 5.42. The molecule has 1 aliphatic rings. The topological polar surface area (TPSA) is 85.9 Å². The van der Waals surface area contributed by atoms with E-state index in [2.05, 4.69) is 10.6 Å². The molecule has 2 N–H and O–H groups in total. The molecule has 7 nitrogen and oxygen atoms in total. The Labute approximate surface area is 169 Å². The standard InChI is InChI=1S/C22H24N2O5/c1-14-18(21(25)29-13-12-15-8-5-4-6-9-15)19(24-22(26)23-14)16-10-7-11-17(27-2)20(16)28-3/h4-11,19H,12-13H2,1-3H3,(H2,23,24,26)/t19-/m0/s1. The van der Waals surface area contributed by atoms with Gasteiger partial charge >= 0.3 is 12.0 Å². The highest BCUT2D eigenvalue weighted by atomic mass is 16.5. The zero-order chi connectivity index (χ0) is 20.8. The molecule has 1 heterocycles. The van der Waals surface area contributed by atoms with E-state index >= 15 is 0 Å². The normalized spacial score (nSPS) is 16.0. The molecule has 0 radical (unpaired) electrons. The average molecular weight is 396 g/mol. The number of benzene rings is 2. The van der Waals surface area contributed by atoms with Crippen molar-refractivity contribution in [3.05, 3.63) is 70.9 Å². The second kappa shape index (κ2) is 9.14. The number of carbonyl (C=O) groups excluding carboxylic acids is 2. The van der Waals surface area contributed by atoms with E-state index in [9.17, 15) is 9.59 Å². The van der Waals surface area contributed by atoms with E-state index in [1.807, 2.05) is 30.3 Å². The smallest absolute Gasteiger partial charge is 0.338 e. The minimum atomic E-state index is -0.724. The van der Waals surface area contributed by atoms with Crippen molar-refractivity contribution in [2.75, 3.05) is 20.8 Å². The number of methoxy groups -OCH3 is 2. The van der Waals surface area contributed by atoms with Crippen LogP contribution in [0.25, 0.3) is 0 Å². The van der Waals surface area contributed by atoms with Crippen molar-refractivity contribution < 1.29 is 23.8 Å². The molecule has 0 saturated heterocycles. The molecule has 0 aromatic heterocycles. The second-order valence-corrected chi connectivity index (χ2v) is 6.52. The van der Waals surface area contributed by atoms with Gasteiger partial charge in [-0.05, 0) is 18.6 Å². The molecule has 0 saturated carbocycles. The van der Waals surface area contributed by atoms with E-state index in [4.69, 9.17) is 14.2 Å². The Hall–Kier alpha value is -3.48. The van der Waals surface area contributed by atoms with Gasteiger partial charge in [0.15, 0.2) is 11.5 Å². The van der Waals surface area contributed by atoms with Crippen molar-refractivity contribution in [2.45, 2.75) is 19.4 Å². The highest BCUT2D eigenvalue weighted by Gasteiger charge is 2.34. The molecule has 0 bridgehead atoms. The molecule has 2 amide bonds. The van der Waals surface area contributed by atoms with Gasteiger partial charge in [0.05, 0.1) is 32.4 Å². The van der Waals surface area contributed by atoms with Crippen molar-refractivity contribution in [1.29, 1.82) is 0 Å². The van der Waals surface area contributed by atoms with Crippen molar-refractivity contribution in [3.63, 3.8) is 0 Å². The maximum atomic E-state index is 12.9. The number of urea groups is 1.